The fourth-order valence-corrected chi connectivity index (χ4v) is 2.37. The zero-order valence-corrected chi connectivity index (χ0v) is 14.6. The second-order valence-electron chi connectivity index (χ2n) is 5.22. The smallest absolute Gasteiger partial charge is 0.309 e. The molecule has 0 unspecified atom stereocenters. The molecule has 0 aliphatic carbocycles. The number of Topliss-reactive ketones (excluding diaryl/α,β-unsaturated/α-hetero) is 1. The van der Waals surface area contributed by atoms with E-state index in [1.165, 1.54) is 0 Å². The first-order valence-corrected chi connectivity index (χ1v) is 8.83. The highest BCUT2D eigenvalue weighted by Crippen LogP contribution is 2.15. The van der Waals surface area contributed by atoms with E-state index in [1.807, 2.05) is 49.6 Å². The minimum atomic E-state index is -0.448. The molecule has 0 fully saturated rings. The monoisotopic (exact) mass is 344 g/mol. The third-order valence-electron chi connectivity index (χ3n) is 3.37. The lowest BCUT2D eigenvalue weighted by molar-refractivity contribution is -0.143. The van der Waals surface area contributed by atoms with Gasteiger partial charge in [0, 0.05) is 10.5 Å². The number of ketones is 1. The first-order chi connectivity index (χ1) is 11.6. The molecule has 2 rings (SSSR count). The summed E-state index contributed by atoms with van der Waals surface area (Å²) < 4.78 is 10.5. The Morgan fingerprint density at radius 2 is 1.67 bits per heavy atom. The van der Waals surface area contributed by atoms with Crippen molar-refractivity contribution in [1.82, 2.24) is 0 Å². The van der Waals surface area contributed by atoms with Crippen molar-refractivity contribution in [1.29, 1.82) is 0 Å². The first-order valence-electron chi connectivity index (χ1n) is 7.61. The Morgan fingerprint density at radius 3 is 2.29 bits per heavy atom. The molecule has 0 spiro atoms. The number of esters is 1. The van der Waals surface area contributed by atoms with Crippen LogP contribution in [0.15, 0.2) is 53.4 Å². The molecule has 0 bridgehead atoms. The predicted molar refractivity (Wildman–Crippen MR) is 94.8 cm³/mol. The van der Waals surface area contributed by atoms with Crippen LogP contribution in [0.2, 0.25) is 0 Å². The number of benzene rings is 2. The molecule has 0 aliphatic rings. The van der Waals surface area contributed by atoms with Crippen molar-refractivity contribution in [3.05, 3.63) is 59.7 Å². The van der Waals surface area contributed by atoms with Crippen LogP contribution in [-0.4, -0.2) is 31.2 Å². The third-order valence-corrected chi connectivity index (χ3v) is 4.12. The van der Waals surface area contributed by atoms with Gasteiger partial charge in [-0.3, -0.25) is 9.59 Å². The summed E-state index contributed by atoms with van der Waals surface area (Å²) in [6.45, 7) is 1.97. The normalized spacial score (nSPS) is 10.2. The van der Waals surface area contributed by atoms with Gasteiger partial charge < -0.3 is 9.47 Å². The molecule has 5 heteroatoms. The molecule has 0 saturated carbocycles. The Morgan fingerprint density at radius 1 is 1.00 bits per heavy atom. The van der Waals surface area contributed by atoms with Gasteiger partial charge in [-0.25, -0.2) is 0 Å². The van der Waals surface area contributed by atoms with Crippen molar-refractivity contribution in [2.75, 3.05) is 19.5 Å². The van der Waals surface area contributed by atoms with Gasteiger partial charge in [0.15, 0.2) is 12.4 Å². The molecular weight excluding hydrogens is 324 g/mol. The quantitative estimate of drug-likeness (QED) is 0.413. The Kier molecular flexibility index (Phi) is 6.88. The summed E-state index contributed by atoms with van der Waals surface area (Å²) in [6, 6.07) is 14.8. The fourth-order valence-electron chi connectivity index (χ4n) is 1.97. The molecular formula is C19H20O4S. The van der Waals surface area contributed by atoms with E-state index < -0.39 is 5.97 Å². The second-order valence-corrected chi connectivity index (χ2v) is 6.10. The van der Waals surface area contributed by atoms with Crippen LogP contribution in [0, 0.1) is 6.92 Å². The van der Waals surface area contributed by atoms with Crippen molar-refractivity contribution in [3.63, 3.8) is 0 Å². The van der Waals surface area contributed by atoms with Crippen molar-refractivity contribution in [2.24, 2.45) is 0 Å². The van der Waals surface area contributed by atoms with Gasteiger partial charge in [-0.1, -0.05) is 29.8 Å². The van der Waals surface area contributed by atoms with E-state index in [4.69, 9.17) is 9.47 Å². The van der Waals surface area contributed by atoms with Crippen LogP contribution in [0.3, 0.4) is 0 Å². The number of aryl methyl sites for hydroxylation is 1. The molecule has 0 amide bonds. The Labute approximate surface area is 146 Å². The maximum Gasteiger partial charge on any atom is 0.309 e. The zero-order chi connectivity index (χ0) is 17.4. The molecule has 0 N–H and O–H groups in total. The van der Waals surface area contributed by atoms with E-state index in [1.54, 1.807) is 23.9 Å². The Balaban J connectivity index is 1.70. The van der Waals surface area contributed by atoms with Crippen LogP contribution in [0.4, 0.5) is 0 Å². The van der Waals surface area contributed by atoms with Crippen molar-refractivity contribution in [3.8, 4) is 5.75 Å². The van der Waals surface area contributed by atoms with Gasteiger partial charge in [-0.15, -0.1) is 11.8 Å². The van der Waals surface area contributed by atoms with E-state index in [-0.39, 0.29) is 25.4 Å². The summed E-state index contributed by atoms with van der Waals surface area (Å²) in [4.78, 5) is 24.7. The molecule has 0 radical (unpaired) electrons. The lowest BCUT2D eigenvalue weighted by Crippen LogP contribution is -2.16. The average Bonchev–Trinajstić information content (AvgIpc) is 2.61. The van der Waals surface area contributed by atoms with E-state index in [0.717, 1.165) is 10.5 Å². The molecule has 2 aromatic rings. The number of hydrogen-bond acceptors (Lipinski definition) is 5. The maximum absolute atomic E-state index is 12.0. The molecule has 0 aliphatic heterocycles. The van der Waals surface area contributed by atoms with Gasteiger partial charge in [-0.2, -0.15) is 0 Å². The zero-order valence-electron chi connectivity index (χ0n) is 13.8. The number of hydrogen-bond donors (Lipinski definition) is 0. The fraction of sp³-hybridized carbons (Fsp3) is 0.263. The summed E-state index contributed by atoms with van der Waals surface area (Å²) in [5.74, 6) is 0.0463. The summed E-state index contributed by atoms with van der Waals surface area (Å²) in [7, 11) is 0. The molecule has 0 atom stereocenters. The Bertz CT molecular complexity index is 678. The van der Waals surface area contributed by atoms with E-state index in [0.29, 0.717) is 11.3 Å². The number of ether oxygens (including phenoxy) is 2. The van der Waals surface area contributed by atoms with Crippen molar-refractivity contribution < 1.29 is 19.1 Å². The van der Waals surface area contributed by atoms with Gasteiger partial charge in [0.05, 0.1) is 13.0 Å². The highest BCUT2D eigenvalue weighted by molar-refractivity contribution is 7.98. The van der Waals surface area contributed by atoms with Crippen LogP contribution in [0.25, 0.3) is 0 Å². The Hall–Kier alpha value is -2.27. The average molecular weight is 344 g/mol. The molecule has 0 aromatic heterocycles. The minimum absolute atomic E-state index is 0.104. The van der Waals surface area contributed by atoms with Gasteiger partial charge >= 0.3 is 5.97 Å². The summed E-state index contributed by atoms with van der Waals surface area (Å²) >= 11 is 1.60. The van der Waals surface area contributed by atoms with Crippen LogP contribution in [0.1, 0.15) is 22.3 Å². The second kappa shape index (κ2) is 9.13. The lowest BCUT2D eigenvalue weighted by Gasteiger charge is -2.07. The highest BCUT2D eigenvalue weighted by atomic mass is 32.2. The van der Waals surface area contributed by atoms with Crippen molar-refractivity contribution >= 4 is 23.5 Å². The highest BCUT2D eigenvalue weighted by Gasteiger charge is 2.10. The first kappa shape index (κ1) is 18.1. The number of carbonyl (C=O) groups is 2. The van der Waals surface area contributed by atoms with Crippen LogP contribution in [0.5, 0.6) is 5.75 Å². The topological polar surface area (TPSA) is 52.6 Å². The standard InChI is InChI=1S/C19H20O4S/c1-14-3-7-16(8-4-14)22-12-11-19(21)23-13-18(20)15-5-9-17(24-2)10-6-15/h3-10H,11-13H2,1-2H3. The predicted octanol–water partition coefficient (Wildman–Crippen LogP) is 3.91. The summed E-state index contributed by atoms with van der Waals surface area (Å²) in [6.07, 6.45) is 2.07. The largest absolute Gasteiger partial charge is 0.493 e. The van der Waals surface area contributed by atoms with Crippen LogP contribution < -0.4 is 4.74 Å². The number of rotatable bonds is 8. The van der Waals surface area contributed by atoms with E-state index >= 15 is 0 Å². The van der Waals surface area contributed by atoms with Crippen molar-refractivity contribution in [2.45, 2.75) is 18.2 Å². The molecule has 2 aromatic carbocycles. The molecule has 0 saturated heterocycles. The number of thioether (sulfide) groups is 1. The van der Waals surface area contributed by atoms with Gasteiger partial charge in [0.2, 0.25) is 0 Å². The van der Waals surface area contributed by atoms with Crippen LogP contribution >= 0.6 is 11.8 Å². The van der Waals surface area contributed by atoms with Gasteiger partial charge in [0.1, 0.15) is 5.75 Å². The summed E-state index contributed by atoms with van der Waals surface area (Å²) in [5, 5.41) is 0. The minimum Gasteiger partial charge on any atom is -0.493 e. The number of carbonyl (C=O) groups excluding carboxylic acids is 2. The van der Waals surface area contributed by atoms with Crippen LogP contribution in [-0.2, 0) is 9.53 Å². The molecule has 24 heavy (non-hydrogen) atoms. The SMILES string of the molecule is CSc1ccc(C(=O)COC(=O)CCOc2ccc(C)cc2)cc1. The third kappa shape index (κ3) is 5.74. The van der Waals surface area contributed by atoms with Gasteiger partial charge in [0.25, 0.3) is 0 Å². The van der Waals surface area contributed by atoms with E-state index in [2.05, 4.69) is 0 Å². The molecule has 126 valence electrons. The summed E-state index contributed by atoms with van der Waals surface area (Å²) in [5.41, 5.74) is 1.68. The van der Waals surface area contributed by atoms with E-state index in [9.17, 15) is 9.59 Å². The molecule has 4 nitrogen and oxygen atoms in total. The lowest BCUT2D eigenvalue weighted by atomic mass is 10.1. The molecule has 0 heterocycles. The maximum atomic E-state index is 12.0. The van der Waals surface area contributed by atoms with Gasteiger partial charge in [-0.05, 0) is 37.4 Å².